The number of nitrogens with zero attached hydrogens (tertiary/aromatic N) is 2. The van der Waals surface area contributed by atoms with Crippen LogP contribution in [0.4, 0.5) is 0 Å². The molecule has 3 nitrogen and oxygen atoms in total. The summed E-state index contributed by atoms with van der Waals surface area (Å²) in [4.78, 5) is 0. The fraction of sp³-hybridized carbons (Fsp3) is 0.500. The van der Waals surface area contributed by atoms with Crippen molar-refractivity contribution in [2.45, 2.75) is 6.10 Å². The monoisotopic (exact) mass is 124 g/mol. The number of hydrogen-bond acceptors (Lipinski definition) is 2. The van der Waals surface area contributed by atoms with Crippen LogP contribution in [0.2, 0.25) is 0 Å². The van der Waals surface area contributed by atoms with Crippen LogP contribution in [0, 0.1) is 0 Å². The highest BCUT2D eigenvalue weighted by atomic mass is 16.6. The van der Waals surface area contributed by atoms with Crippen LogP contribution in [-0.2, 0) is 11.8 Å². The van der Waals surface area contributed by atoms with Crippen LogP contribution in [0.15, 0.2) is 12.4 Å². The van der Waals surface area contributed by atoms with Crippen LogP contribution < -0.4 is 0 Å². The van der Waals surface area contributed by atoms with E-state index in [0.717, 1.165) is 6.61 Å². The average Bonchev–Trinajstić information content (AvgIpc) is 2.58. The molecular weight excluding hydrogens is 116 g/mol. The first-order valence-corrected chi connectivity index (χ1v) is 2.96. The van der Waals surface area contributed by atoms with Crippen molar-refractivity contribution in [1.82, 2.24) is 9.78 Å². The lowest BCUT2D eigenvalue weighted by molar-refractivity contribution is 0.415. The molecule has 1 aromatic heterocycles. The number of epoxide rings is 1. The summed E-state index contributed by atoms with van der Waals surface area (Å²) in [6.45, 7) is 0.867. The van der Waals surface area contributed by atoms with Gasteiger partial charge in [-0.1, -0.05) is 0 Å². The Bertz CT molecular complexity index is 215. The summed E-state index contributed by atoms with van der Waals surface area (Å²) < 4.78 is 6.84. The van der Waals surface area contributed by atoms with E-state index in [1.54, 1.807) is 4.68 Å². The zero-order valence-corrected chi connectivity index (χ0v) is 5.24. The highest BCUT2D eigenvalue weighted by Gasteiger charge is 2.25. The Kier molecular flexibility index (Phi) is 0.873. The molecule has 2 heterocycles. The smallest absolute Gasteiger partial charge is 0.109 e. The molecule has 1 fully saturated rings. The van der Waals surface area contributed by atoms with Gasteiger partial charge in [-0.2, -0.15) is 5.10 Å². The van der Waals surface area contributed by atoms with Crippen molar-refractivity contribution in [2.24, 2.45) is 7.05 Å². The summed E-state index contributed by atoms with van der Waals surface area (Å²) in [6.07, 6.45) is 4.17. The largest absolute Gasteiger partial charge is 0.368 e. The Labute approximate surface area is 53.2 Å². The van der Waals surface area contributed by atoms with Gasteiger partial charge in [0.15, 0.2) is 0 Å². The van der Waals surface area contributed by atoms with E-state index in [2.05, 4.69) is 5.10 Å². The highest BCUT2D eigenvalue weighted by Crippen LogP contribution is 2.28. The molecule has 9 heavy (non-hydrogen) atoms. The second-order valence-corrected chi connectivity index (χ2v) is 2.27. The summed E-state index contributed by atoms with van der Waals surface area (Å²) in [6, 6.07) is 0. The first-order chi connectivity index (χ1) is 4.36. The molecule has 48 valence electrons. The van der Waals surface area contributed by atoms with Gasteiger partial charge >= 0.3 is 0 Å². The molecule has 0 bridgehead atoms. The fourth-order valence-corrected chi connectivity index (χ4v) is 0.847. The minimum absolute atomic E-state index is 0.346. The van der Waals surface area contributed by atoms with Crippen molar-refractivity contribution < 1.29 is 4.74 Å². The number of rotatable bonds is 1. The first kappa shape index (κ1) is 4.99. The number of aryl methyl sites for hydroxylation is 1. The normalized spacial score (nSPS) is 24.3. The van der Waals surface area contributed by atoms with Gasteiger partial charge in [0.05, 0.1) is 12.8 Å². The zero-order valence-electron chi connectivity index (χ0n) is 5.24. The van der Waals surface area contributed by atoms with Gasteiger partial charge in [-0.05, 0) is 0 Å². The third-order valence-corrected chi connectivity index (χ3v) is 1.43. The lowest BCUT2D eigenvalue weighted by atomic mass is 10.3. The SMILES string of the molecule is Cn1cc([C@H]2CO2)cn1. The summed E-state index contributed by atoms with van der Waals surface area (Å²) in [5, 5.41) is 4.01. The standard InChI is InChI=1S/C6H8N2O/c1-8-3-5(2-7-8)6-4-9-6/h2-3,6H,4H2,1H3/t6-/m1/s1. The maximum atomic E-state index is 5.05. The van der Waals surface area contributed by atoms with Crippen molar-refractivity contribution in [3.05, 3.63) is 18.0 Å². The topological polar surface area (TPSA) is 30.4 Å². The van der Waals surface area contributed by atoms with E-state index in [1.807, 2.05) is 19.4 Å². The molecule has 0 radical (unpaired) electrons. The Morgan fingerprint density at radius 3 is 3.11 bits per heavy atom. The van der Waals surface area contributed by atoms with Crippen molar-refractivity contribution >= 4 is 0 Å². The molecule has 1 saturated heterocycles. The molecular formula is C6H8N2O. The molecule has 1 atom stereocenters. The maximum Gasteiger partial charge on any atom is 0.109 e. The molecule has 1 aliphatic heterocycles. The Morgan fingerprint density at radius 2 is 2.67 bits per heavy atom. The third-order valence-electron chi connectivity index (χ3n) is 1.43. The highest BCUT2D eigenvalue weighted by molar-refractivity contribution is 5.11. The van der Waals surface area contributed by atoms with Crippen LogP contribution in [0.1, 0.15) is 11.7 Å². The van der Waals surface area contributed by atoms with Crippen LogP contribution in [0.3, 0.4) is 0 Å². The van der Waals surface area contributed by atoms with E-state index in [9.17, 15) is 0 Å². The van der Waals surface area contributed by atoms with Gasteiger partial charge in [0.25, 0.3) is 0 Å². The van der Waals surface area contributed by atoms with Gasteiger partial charge in [-0.3, -0.25) is 4.68 Å². The second-order valence-electron chi connectivity index (χ2n) is 2.27. The quantitative estimate of drug-likeness (QED) is 0.510. The predicted molar refractivity (Wildman–Crippen MR) is 31.9 cm³/mol. The van der Waals surface area contributed by atoms with Crippen LogP contribution >= 0.6 is 0 Å². The molecule has 0 amide bonds. The third kappa shape index (κ3) is 0.833. The van der Waals surface area contributed by atoms with E-state index >= 15 is 0 Å². The fourth-order valence-electron chi connectivity index (χ4n) is 0.847. The summed E-state index contributed by atoms with van der Waals surface area (Å²) in [7, 11) is 1.91. The summed E-state index contributed by atoms with van der Waals surface area (Å²) >= 11 is 0. The van der Waals surface area contributed by atoms with E-state index in [-0.39, 0.29) is 0 Å². The minimum Gasteiger partial charge on any atom is -0.368 e. The van der Waals surface area contributed by atoms with Gasteiger partial charge in [0.1, 0.15) is 6.10 Å². The molecule has 1 aromatic rings. The van der Waals surface area contributed by atoms with Crippen LogP contribution in [0.5, 0.6) is 0 Å². The van der Waals surface area contributed by atoms with Crippen molar-refractivity contribution in [2.75, 3.05) is 6.61 Å². The summed E-state index contributed by atoms with van der Waals surface area (Å²) in [5.41, 5.74) is 1.19. The van der Waals surface area contributed by atoms with Crippen LogP contribution in [-0.4, -0.2) is 16.4 Å². The predicted octanol–water partition coefficient (Wildman–Crippen LogP) is 0.491. The average molecular weight is 124 g/mol. The van der Waals surface area contributed by atoms with Crippen molar-refractivity contribution in [3.63, 3.8) is 0 Å². The van der Waals surface area contributed by atoms with Gasteiger partial charge < -0.3 is 4.74 Å². The first-order valence-electron chi connectivity index (χ1n) is 2.96. The Hall–Kier alpha value is -0.830. The number of aromatic nitrogens is 2. The Morgan fingerprint density at radius 1 is 1.89 bits per heavy atom. The van der Waals surface area contributed by atoms with Gasteiger partial charge in [-0.15, -0.1) is 0 Å². The second kappa shape index (κ2) is 1.57. The lowest BCUT2D eigenvalue weighted by Gasteiger charge is -1.81. The molecule has 0 aliphatic carbocycles. The van der Waals surface area contributed by atoms with E-state index in [1.165, 1.54) is 5.56 Å². The number of ether oxygens (including phenoxy) is 1. The molecule has 0 saturated carbocycles. The van der Waals surface area contributed by atoms with E-state index < -0.39 is 0 Å². The molecule has 0 unspecified atom stereocenters. The van der Waals surface area contributed by atoms with Crippen LogP contribution in [0.25, 0.3) is 0 Å². The minimum atomic E-state index is 0.346. The molecule has 1 aliphatic rings. The maximum absolute atomic E-state index is 5.05. The zero-order chi connectivity index (χ0) is 6.27. The van der Waals surface area contributed by atoms with E-state index in [0.29, 0.717) is 6.10 Å². The summed E-state index contributed by atoms with van der Waals surface area (Å²) in [5.74, 6) is 0. The number of hydrogen-bond donors (Lipinski definition) is 0. The molecule has 3 heteroatoms. The molecule has 2 rings (SSSR count). The van der Waals surface area contributed by atoms with Gasteiger partial charge in [0, 0.05) is 18.8 Å². The van der Waals surface area contributed by atoms with Crippen molar-refractivity contribution in [3.8, 4) is 0 Å². The van der Waals surface area contributed by atoms with Crippen molar-refractivity contribution in [1.29, 1.82) is 0 Å². The van der Waals surface area contributed by atoms with Gasteiger partial charge in [-0.25, -0.2) is 0 Å². The molecule has 0 aromatic carbocycles. The molecule has 0 spiro atoms. The molecule has 0 N–H and O–H groups in total. The lowest BCUT2D eigenvalue weighted by Crippen LogP contribution is -1.84. The van der Waals surface area contributed by atoms with Gasteiger partial charge in [0.2, 0.25) is 0 Å². The van der Waals surface area contributed by atoms with E-state index in [4.69, 9.17) is 4.74 Å². The Balaban J connectivity index is 2.28.